The fraction of sp³-hybridized carbons (Fsp3) is 0.231. The largest absolute Gasteiger partial charge is 0.362 e. The van der Waals surface area contributed by atoms with Gasteiger partial charge in [-0.3, -0.25) is 19.6 Å². The van der Waals surface area contributed by atoms with Crippen molar-refractivity contribution in [1.82, 2.24) is 20.6 Å². The highest BCUT2D eigenvalue weighted by atomic mass is 16.5. The Kier molecular flexibility index (Phi) is 7.56. The number of hydrogen-bond donors (Lipinski definition) is 2. The quantitative estimate of drug-likeness (QED) is 0.394. The van der Waals surface area contributed by atoms with Crippen LogP contribution in [0.5, 0.6) is 0 Å². The van der Waals surface area contributed by atoms with E-state index in [0.717, 1.165) is 33.2 Å². The van der Waals surface area contributed by atoms with Gasteiger partial charge >= 0.3 is 0 Å². The van der Waals surface area contributed by atoms with Crippen LogP contribution in [0.15, 0.2) is 72.8 Å². The molecule has 0 fully saturated rings. The molecule has 2 amide bonds. The van der Waals surface area contributed by atoms with Gasteiger partial charge in [0.2, 0.25) is 11.8 Å². The zero-order valence-electron chi connectivity index (χ0n) is 18.3. The van der Waals surface area contributed by atoms with Crippen LogP contribution in [-0.4, -0.2) is 48.1 Å². The van der Waals surface area contributed by atoms with Gasteiger partial charge in [-0.25, -0.2) is 0 Å². The molecule has 0 aliphatic rings. The third-order valence-electron chi connectivity index (χ3n) is 5.19. The van der Waals surface area contributed by atoms with Gasteiger partial charge < -0.3 is 15.4 Å². The van der Waals surface area contributed by atoms with E-state index >= 15 is 0 Å². The SMILES string of the molecule is O=C(COCC(=O)NCCc1ccc2ccccc2n1)NCCc1ccc2ccccc2n1. The number of nitrogens with zero attached hydrogens (tertiary/aromatic N) is 2. The summed E-state index contributed by atoms with van der Waals surface area (Å²) in [4.78, 5) is 33.0. The Balaban J connectivity index is 1.09. The van der Waals surface area contributed by atoms with E-state index in [1.807, 2.05) is 72.8 Å². The molecule has 0 atom stereocenters. The number of nitrogens with one attached hydrogen (secondary N) is 2. The Bertz CT molecular complexity index is 1160. The molecule has 2 N–H and O–H groups in total. The van der Waals surface area contributed by atoms with Crippen LogP contribution >= 0.6 is 0 Å². The van der Waals surface area contributed by atoms with Crippen LogP contribution < -0.4 is 10.6 Å². The van der Waals surface area contributed by atoms with E-state index in [2.05, 4.69) is 20.6 Å². The monoisotopic (exact) mass is 442 g/mol. The second kappa shape index (κ2) is 11.2. The average molecular weight is 443 g/mol. The van der Waals surface area contributed by atoms with Crippen LogP contribution in [0.1, 0.15) is 11.4 Å². The number of ether oxygens (including phenoxy) is 1. The number of carbonyl (C=O) groups is 2. The molecule has 2 heterocycles. The molecule has 7 nitrogen and oxygen atoms in total. The molecule has 0 aliphatic heterocycles. The third-order valence-corrected chi connectivity index (χ3v) is 5.19. The van der Waals surface area contributed by atoms with Crippen molar-refractivity contribution < 1.29 is 14.3 Å². The number of pyridine rings is 2. The van der Waals surface area contributed by atoms with Gasteiger partial charge in [0.15, 0.2) is 0 Å². The van der Waals surface area contributed by atoms with Crippen LogP contribution in [0.4, 0.5) is 0 Å². The first-order chi connectivity index (χ1) is 16.2. The summed E-state index contributed by atoms with van der Waals surface area (Å²) >= 11 is 0. The van der Waals surface area contributed by atoms with Crippen LogP contribution in [0.2, 0.25) is 0 Å². The summed E-state index contributed by atoms with van der Waals surface area (Å²) in [5, 5.41) is 7.75. The smallest absolute Gasteiger partial charge is 0.246 e. The standard InChI is InChI=1S/C26H26N4O3/c31-25(27-15-13-21-11-9-19-5-1-3-7-23(19)29-21)17-33-18-26(32)28-16-14-22-12-10-20-6-2-4-8-24(20)30-22/h1-12H,13-18H2,(H,27,31)(H,28,32). The number of fused-ring (bicyclic) bond motifs is 2. The summed E-state index contributed by atoms with van der Waals surface area (Å²) in [5.74, 6) is -0.520. The number of para-hydroxylation sites is 2. The van der Waals surface area contributed by atoms with Crippen molar-refractivity contribution in [3.05, 3.63) is 84.2 Å². The molecule has 0 radical (unpaired) electrons. The zero-order valence-corrected chi connectivity index (χ0v) is 18.3. The summed E-state index contributed by atoms with van der Waals surface area (Å²) < 4.78 is 5.22. The topological polar surface area (TPSA) is 93.2 Å². The average Bonchev–Trinajstić information content (AvgIpc) is 2.84. The molecular weight excluding hydrogens is 416 g/mol. The summed E-state index contributed by atoms with van der Waals surface area (Å²) in [7, 11) is 0. The van der Waals surface area contributed by atoms with E-state index in [-0.39, 0.29) is 25.0 Å². The maximum atomic E-state index is 11.9. The molecular formula is C26H26N4O3. The van der Waals surface area contributed by atoms with Gasteiger partial charge in [-0.2, -0.15) is 0 Å². The predicted octanol–water partition coefficient (Wildman–Crippen LogP) is 2.82. The lowest BCUT2D eigenvalue weighted by molar-refractivity contribution is -0.130. The lowest BCUT2D eigenvalue weighted by atomic mass is 10.2. The Morgan fingerprint density at radius 3 is 1.58 bits per heavy atom. The summed E-state index contributed by atoms with van der Waals surface area (Å²) in [6, 6.07) is 23.8. The number of hydrogen-bond acceptors (Lipinski definition) is 5. The van der Waals surface area contributed by atoms with E-state index in [4.69, 9.17) is 4.74 Å². The molecule has 4 aromatic rings. The minimum Gasteiger partial charge on any atom is -0.362 e. The van der Waals surface area contributed by atoms with Crippen molar-refractivity contribution >= 4 is 33.6 Å². The van der Waals surface area contributed by atoms with Gasteiger partial charge in [-0.1, -0.05) is 48.5 Å². The van der Waals surface area contributed by atoms with E-state index in [9.17, 15) is 9.59 Å². The minimum absolute atomic E-state index is 0.162. The first kappa shape index (κ1) is 22.4. The van der Waals surface area contributed by atoms with Gasteiger partial charge in [0, 0.05) is 48.1 Å². The second-order valence-corrected chi connectivity index (χ2v) is 7.68. The molecule has 0 unspecified atom stereocenters. The predicted molar refractivity (Wildman–Crippen MR) is 128 cm³/mol. The van der Waals surface area contributed by atoms with Gasteiger partial charge in [-0.15, -0.1) is 0 Å². The molecule has 0 saturated heterocycles. The van der Waals surface area contributed by atoms with Gasteiger partial charge in [0.1, 0.15) is 13.2 Å². The Labute approximate surface area is 192 Å². The summed E-state index contributed by atoms with van der Waals surface area (Å²) in [5.41, 5.74) is 3.70. The maximum absolute atomic E-state index is 11.9. The normalized spacial score (nSPS) is 10.9. The first-order valence-corrected chi connectivity index (χ1v) is 11.0. The Morgan fingerprint density at radius 2 is 1.09 bits per heavy atom. The van der Waals surface area contributed by atoms with Crippen LogP contribution in [0.3, 0.4) is 0 Å². The van der Waals surface area contributed by atoms with E-state index in [0.29, 0.717) is 25.9 Å². The minimum atomic E-state index is -0.260. The highest BCUT2D eigenvalue weighted by Crippen LogP contribution is 2.12. The second-order valence-electron chi connectivity index (χ2n) is 7.68. The molecule has 0 bridgehead atoms. The number of aromatic nitrogens is 2. The maximum Gasteiger partial charge on any atom is 0.246 e. The molecule has 0 saturated carbocycles. The fourth-order valence-corrected chi connectivity index (χ4v) is 3.49. The van der Waals surface area contributed by atoms with Crippen molar-refractivity contribution in [2.24, 2.45) is 0 Å². The van der Waals surface area contributed by atoms with E-state index < -0.39 is 0 Å². The molecule has 0 spiro atoms. The van der Waals surface area contributed by atoms with Gasteiger partial charge in [0.05, 0.1) is 11.0 Å². The van der Waals surface area contributed by atoms with Crippen molar-refractivity contribution in [3.8, 4) is 0 Å². The molecule has 2 aromatic carbocycles. The van der Waals surface area contributed by atoms with Crippen LogP contribution in [0.25, 0.3) is 21.8 Å². The molecule has 0 aliphatic carbocycles. The lowest BCUT2D eigenvalue weighted by Crippen LogP contribution is -2.33. The van der Waals surface area contributed by atoms with E-state index in [1.165, 1.54) is 0 Å². The first-order valence-electron chi connectivity index (χ1n) is 11.0. The number of amides is 2. The lowest BCUT2D eigenvalue weighted by Gasteiger charge is -2.08. The highest BCUT2D eigenvalue weighted by molar-refractivity contribution is 5.80. The van der Waals surface area contributed by atoms with Crippen LogP contribution in [-0.2, 0) is 27.2 Å². The Hall–Kier alpha value is -3.84. The zero-order chi connectivity index (χ0) is 22.9. The van der Waals surface area contributed by atoms with Gasteiger partial charge in [0.25, 0.3) is 0 Å². The van der Waals surface area contributed by atoms with Crippen LogP contribution in [0, 0.1) is 0 Å². The number of rotatable bonds is 10. The Morgan fingerprint density at radius 1 is 0.636 bits per heavy atom. The summed E-state index contributed by atoms with van der Waals surface area (Å²) in [6.07, 6.45) is 1.25. The molecule has 168 valence electrons. The van der Waals surface area contributed by atoms with E-state index in [1.54, 1.807) is 0 Å². The molecule has 7 heteroatoms. The molecule has 33 heavy (non-hydrogen) atoms. The highest BCUT2D eigenvalue weighted by Gasteiger charge is 2.06. The molecule has 4 rings (SSSR count). The van der Waals surface area contributed by atoms with Crippen molar-refractivity contribution in [3.63, 3.8) is 0 Å². The van der Waals surface area contributed by atoms with Crippen molar-refractivity contribution in [2.75, 3.05) is 26.3 Å². The van der Waals surface area contributed by atoms with Crippen molar-refractivity contribution in [1.29, 1.82) is 0 Å². The fourth-order valence-electron chi connectivity index (χ4n) is 3.49. The number of benzene rings is 2. The molecule has 2 aromatic heterocycles. The van der Waals surface area contributed by atoms with Crippen molar-refractivity contribution in [2.45, 2.75) is 12.8 Å². The third kappa shape index (κ3) is 6.57. The number of carbonyl (C=O) groups excluding carboxylic acids is 2. The van der Waals surface area contributed by atoms with Gasteiger partial charge in [-0.05, 0) is 24.3 Å². The summed E-state index contributed by atoms with van der Waals surface area (Å²) in [6.45, 7) is 0.590.